The molecular formula is C15H16ClN3O2. The van der Waals surface area contributed by atoms with Crippen LogP contribution < -0.4 is 0 Å². The van der Waals surface area contributed by atoms with Crippen LogP contribution in [0.2, 0.25) is 0 Å². The number of rotatable bonds is 3. The summed E-state index contributed by atoms with van der Waals surface area (Å²) in [6, 6.07) is 5.41. The fourth-order valence-corrected chi connectivity index (χ4v) is 2.97. The standard InChI is InChI=1S/C15H16ClN3O2/c1-9-3-4-11-10(7-9)17-13(5-6-16)19(11)12-8-14(20)18(2)15(12)21/h3-4,7,12H,5-6,8H2,1-2H3. The molecule has 0 radical (unpaired) electrons. The Morgan fingerprint density at radius 3 is 2.76 bits per heavy atom. The number of aromatic nitrogens is 2. The van der Waals surface area contributed by atoms with Gasteiger partial charge in [0.05, 0.1) is 17.5 Å². The van der Waals surface area contributed by atoms with Crippen molar-refractivity contribution in [1.82, 2.24) is 14.5 Å². The van der Waals surface area contributed by atoms with E-state index in [0.29, 0.717) is 12.3 Å². The Balaban J connectivity index is 2.18. The van der Waals surface area contributed by atoms with Crippen LogP contribution in [0.4, 0.5) is 0 Å². The maximum Gasteiger partial charge on any atom is 0.252 e. The zero-order valence-electron chi connectivity index (χ0n) is 12.0. The predicted octanol–water partition coefficient (Wildman–Crippen LogP) is 2.06. The number of halogens is 1. The van der Waals surface area contributed by atoms with Gasteiger partial charge in [-0.2, -0.15) is 0 Å². The molecule has 0 aliphatic carbocycles. The molecule has 2 heterocycles. The first kappa shape index (κ1) is 14.1. The minimum absolute atomic E-state index is 0.157. The molecule has 110 valence electrons. The lowest BCUT2D eigenvalue weighted by Gasteiger charge is -2.14. The molecule has 1 aliphatic rings. The second kappa shape index (κ2) is 5.15. The van der Waals surface area contributed by atoms with Gasteiger partial charge in [0.25, 0.3) is 5.91 Å². The number of imide groups is 1. The van der Waals surface area contributed by atoms with E-state index in [9.17, 15) is 9.59 Å². The number of likely N-dealkylation sites (tertiary alicyclic amines) is 1. The average Bonchev–Trinajstić information content (AvgIpc) is 2.91. The van der Waals surface area contributed by atoms with E-state index in [4.69, 9.17) is 11.6 Å². The summed E-state index contributed by atoms with van der Waals surface area (Å²) in [7, 11) is 1.52. The van der Waals surface area contributed by atoms with Crippen LogP contribution in [0.25, 0.3) is 11.0 Å². The molecule has 0 N–H and O–H groups in total. The molecule has 1 aliphatic heterocycles. The normalized spacial score (nSPS) is 19.0. The van der Waals surface area contributed by atoms with Crippen LogP contribution in [0.3, 0.4) is 0 Å². The molecule has 0 spiro atoms. The summed E-state index contributed by atoms with van der Waals surface area (Å²) in [6.45, 7) is 2.00. The number of aryl methyl sites for hydroxylation is 2. The highest BCUT2D eigenvalue weighted by Gasteiger charge is 2.38. The van der Waals surface area contributed by atoms with E-state index in [1.54, 1.807) is 0 Å². The van der Waals surface area contributed by atoms with E-state index in [1.807, 2.05) is 29.7 Å². The quantitative estimate of drug-likeness (QED) is 0.644. The van der Waals surface area contributed by atoms with E-state index in [0.717, 1.165) is 22.4 Å². The third kappa shape index (κ3) is 2.21. The van der Waals surface area contributed by atoms with Crippen LogP contribution in [0.15, 0.2) is 18.2 Å². The highest BCUT2D eigenvalue weighted by atomic mass is 35.5. The number of carbonyl (C=O) groups is 2. The fourth-order valence-electron chi connectivity index (χ4n) is 2.81. The number of fused-ring (bicyclic) bond motifs is 1. The van der Waals surface area contributed by atoms with Crippen LogP contribution in [-0.4, -0.2) is 39.2 Å². The molecule has 1 atom stereocenters. The average molecular weight is 306 g/mol. The van der Waals surface area contributed by atoms with Crippen LogP contribution >= 0.6 is 11.6 Å². The zero-order chi connectivity index (χ0) is 15.1. The van der Waals surface area contributed by atoms with Crippen molar-refractivity contribution in [2.45, 2.75) is 25.8 Å². The molecule has 1 unspecified atom stereocenters. The van der Waals surface area contributed by atoms with Crippen molar-refractivity contribution in [2.24, 2.45) is 0 Å². The zero-order valence-corrected chi connectivity index (χ0v) is 12.7. The van der Waals surface area contributed by atoms with Crippen molar-refractivity contribution in [3.63, 3.8) is 0 Å². The molecule has 1 fully saturated rings. The Labute approximate surface area is 127 Å². The lowest BCUT2D eigenvalue weighted by molar-refractivity contribution is -0.137. The first-order chi connectivity index (χ1) is 10.0. The third-order valence-electron chi connectivity index (χ3n) is 3.91. The van der Waals surface area contributed by atoms with Crippen LogP contribution in [0.1, 0.15) is 23.9 Å². The number of hydrogen-bond donors (Lipinski definition) is 0. The number of nitrogens with zero attached hydrogens (tertiary/aromatic N) is 3. The minimum atomic E-state index is -0.506. The summed E-state index contributed by atoms with van der Waals surface area (Å²) >= 11 is 5.85. The lowest BCUT2D eigenvalue weighted by atomic mass is 10.2. The van der Waals surface area contributed by atoms with Gasteiger partial charge in [0.2, 0.25) is 5.91 Å². The van der Waals surface area contributed by atoms with Gasteiger partial charge in [-0.25, -0.2) is 4.98 Å². The summed E-state index contributed by atoms with van der Waals surface area (Å²) in [5.41, 5.74) is 2.82. The van der Waals surface area contributed by atoms with Crippen molar-refractivity contribution in [1.29, 1.82) is 0 Å². The van der Waals surface area contributed by atoms with Crippen molar-refractivity contribution in [3.8, 4) is 0 Å². The largest absolute Gasteiger partial charge is 0.315 e. The van der Waals surface area contributed by atoms with Gasteiger partial charge >= 0.3 is 0 Å². The van der Waals surface area contributed by atoms with E-state index in [1.165, 1.54) is 11.9 Å². The fraction of sp³-hybridized carbons (Fsp3) is 0.400. The molecule has 5 nitrogen and oxygen atoms in total. The Kier molecular flexibility index (Phi) is 3.45. The highest BCUT2D eigenvalue weighted by Crippen LogP contribution is 2.30. The molecule has 21 heavy (non-hydrogen) atoms. The Morgan fingerprint density at radius 2 is 2.14 bits per heavy atom. The van der Waals surface area contributed by atoms with Gasteiger partial charge in [-0.1, -0.05) is 6.07 Å². The summed E-state index contributed by atoms with van der Waals surface area (Å²) < 4.78 is 1.88. The molecule has 1 aromatic carbocycles. The predicted molar refractivity (Wildman–Crippen MR) is 80.3 cm³/mol. The number of carbonyl (C=O) groups excluding carboxylic acids is 2. The second-order valence-electron chi connectivity index (χ2n) is 5.34. The Bertz CT molecular complexity index is 738. The lowest BCUT2D eigenvalue weighted by Crippen LogP contribution is -2.27. The van der Waals surface area contributed by atoms with E-state index in [2.05, 4.69) is 4.98 Å². The molecule has 1 saturated heterocycles. The molecule has 3 rings (SSSR count). The minimum Gasteiger partial charge on any atom is -0.315 e. The monoisotopic (exact) mass is 305 g/mol. The van der Waals surface area contributed by atoms with Gasteiger partial charge in [0.1, 0.15) is 11.9 Å². The van der Waals surface area contributed by atoms with Crippen molar-refractivity contribution in [2.75, 3.05) is 12.9 Å². The summed E-state index contributed by atoms with van der Waals surface area (Å²) in [4.78, 5) is 29.9. The van der Waals surface area contributed by atoms with Crippen molar-refractivity contribution >= 4 is 34.4 Å². The molecule has 0 bridgehead atoms. The first-order valence-corrected chi connectivity index (χ1v) is 7.40. The molecule has 2 amide bonds. The summed E-state index contributed by atoms with van der Waals surface area (Å²) in [5, 5.41) is 0. The van der Waals surface area contributed by atoms with Gasteiger partial charge in [-0.05, 0) is 24.6 Å². The van der Waals surface area contributed by atoms with Crippen LogP contribution in [-0.2, 0) is 16.0 Å². The number of benzene rings is 1. The van der Waals surface area contributed by atoms with Crippen molar-refractivity contribution in [3.05, 3.63) is 29.6 Å². The van der Waals surface area contributed by atoms with Crippen molar-refractivity contribution < 1.29 is 9.59 Å². The number of likely N-dealkylation sites (N-methyl/N-ethyl adjacent to an activating group) is 1. The number of hydrogen-bond acceptors (Lipinski definition) is 3. The Hall–Kier alpha value is -1.88. The SMILES string of the molecule is Cc1ccc2c(c1)nc(CCCl)n2C1CC(=O)N(C)C1=O. The van der Waals surface area contributed by atoms with Crippen LogP contribution in [0, 0.1) is 6.92 Å². The second-order valence-corrected chi connectivity index (χ2v) is 5.72. The number of amides is 2. The first-order valence-electron chi connectivity index (χ1n) is 6.86. The number of imidazole rings is 1. The molecule has 2 aromatic rings. The van der Waals surface area contributed by atoms with Gasteiger partial charge < -0.3 is 4.57 Å². The van der Waals surface area contributed by atoms with Gasteiger partial charge in [0.15, 0.2) is 0 Å². The smallest absolute Gasteiger partial charge is 0.252 e. The molecular weight excluding hydrogens is 290 g/mol. The summed E-state index contributed by atoms with van der Waals surface area (Å²) in [5.74, 6) is 0.839. The van der Waals surface area contributed by atoms with Crippen LogP contribution in [0.5, 0.6) is 0 Å². The van der Waals surface area contributed by atoms with Gasteiger partial charge in [-0.3, -0.25) is 14.5 Å². The van der Waals surface area contributed by atoms with Gasteiger partial charge in [0, 0.05) is 19.3 Å². The van der Waals surface area contributed by atoms with E-state index in [-0.39, 0.29) is 18.2 Å². The highest BCUT2D eigenvalue weighted by molar-refractivity contribution is 6.18. The third-order valence-corrected chi connectivity index (χ3v) is 4.09. The maximum atomic E-state index is 12.3. The topological polar surface area (TPSA) is 55.2 Å². The maximum absolute atomic E-state index is 12.3. The molecule has 1 aromatic heterocycles. The number of alkyl halides is 1. The molecule has 0 saturated carbocycles. The van der Waals surface area contributed by atoms with Gasteiger partial charge in [-0.15, -0.1) is 11.6 Å². The Morgan fingerprint density at radius 1 is 1.38 bits per heavy atom. The van der Waals surface area contributed by atoms with E-state index < -0.39 is 6.04 Å². The van der Waals surface area contributed by atoms with E-state index >= 15 is 0 Å². The summed E-state index contributed by atoms with van der Waals surface area (Å²) in [6.07, 6.45) is 0.751. The molecule has 6 heteroatoms.